The van der Waals surface area contributed by atoms with Gasteiger partial charge in [0.1, 0.15) is 0 Å². The van der Waals surface area contributed by atoms with Gasteiger partial charge in [0.2, 0.25) is 5.91 Å². The molecule has 0 radical (unpaired) electrons. The molecule has 0 saturated carbocycles. The normalized spacial score (nSPS) is 10.8. The standard InChI is InChI=1S/C29H29N3O6S/c1-18-5-9-21(10-6-18)30-26(33)17-39-29-31-23-16-20(28(35)38-4)8-11-22(23)27(34)32(29)14-13-19-7-12-24(36-2)25(15-19)37-3/h5-12,15-16H,13-14,17H2,1-4H3,(H,30,33). The zero-order chi connectivity index (χ0) is 27.9. The predicted molar refractivity (Wildman–Crippen MR) is 151 cm³/mol. The topological polar surface area (TPSA) is 109 Å². The van der Waals surface area contributed by atoms with Crippen LogP contribution in [0.2, 0.25) is 0 Å². The molecule has 1 amide bonds. The minimum atomic E-state index is -0.525. The fourth-order valence-electron chi connectivity index (χ4n) is 3.99. The molecule has 0 fully saturated rings. The zero-order valence-electron chi connectivity index (χ0n) is 22.1. The van der Waals surface area contributed by atoms with Gasteiger partial charge in [0.25, 0.3) is 5.56 Å². The van der Waals surface area contributed by atoms with Gasteiger partial charge in [0, 0.05) is 12.2 Å². The number of hydrogen-bond acceptors (Lipinski definition) is 8. The van der Waals surface area contributed by atoms with E-state index in [4.69, 9.17) is 14.2 Å². The van der Waals surface area contributed by atoms with Crippen molar-refractivity contribution in [2.75, 3.05) is 32.4 Å². The van der Waals surface area contributed by atoms with E-state index in [-0.39, 0.29) is 22.8 Å². The van der Waals surface area contributed by atoms with Crippen LogP contribution in [0.5, 0.6) is 11.5 Å². The van der Waals surface area contributed by atoms with E-state index >= 15 is 0 Å². The highest BCUT2D eigenvalue weighted by atomic mass is 32.2. The van der Waals surface area contributed by atoms with E-state index in [2.05, 4.69) is 10.3 Å². The first kappa shape index (κ1) is 27.7. The van der Waals surface area contributed by atoms with E-state index in [0.29, 0.717) is 46.2 Å². The van der Waals surface area contributed by atoms with Crippen LogP contribution in [0.25, 0.3) is 10.9 Å². The average molecular weight is 548 g/mol. The van der Waals surface area contributed by atoms with Crippen molar-refractivity contribution in [3.8, 4) is 11.5 Å². The monoisotopic (exact) mass is 547 g/mol. The number of fused-ring (bicyclic) bond motifs is 1. The molecule has 1 heterocycles. The highest BCUT2D eigenvalue weighted by molar-refractivity contribution is 7.99. The van der Waals surface area contributed by atoms with Gasteiger partial charge >= 0.3 is 5.97 Å². The first-order valence-corrected chi connectivity index (χ1v) is 13.1. The van der Waals surface area contributed by atoms with Crippen LogP contribution in [0.1, 0.15) is 21.5 Å². The number of benzene rings is 3. The summed E-state index contributed by atoms with van der Waals surface area (Å²) in [5.41, 5.74) is 3.09. The molecule has 0 bridgehead atoms. The zero-order valence-corrected chi connectivity index (χ0v) is 23.0. The summed E-state index contributed by atoms with van der Waals surface area (Å²) >= 11 is 1.15. The second kappa shape index (κ2) is 12.5. The van der Waals surface area contributed by atoms with Crippen molar-refractivity contribution in [3.05, 3.63) is 87.7 Å². The molecule has 0 aliphatic rings. The molecule has 1 aromatic heterocycles. The number of hydrogen-bond donors (Lipinski definition) is 1. The minimum absolute atomic E-state index is 0.0405. The summed E-state index contributed by atoms with van der Waals surface area (Å²) in [5, 5.41) is 3.60. The van der Waals surface area contributed by atoms with Crippen molar-refractivity contribution in [1.82, 2.24) is 9.55 Å². The summed E-state index contributed by atoms with van der Waals surface area (Å²) < 4.78 is 17.1. The Balaban J connectivity index is 1.64. The number of nitrogens with zero attached hydrogens (tertiary/aromatic N) is 2. The minimum Gasteiger partial charge on any atom is -0.493 e. The van der Waals surface area contributed by atoms with Crippen molar-refractivity contribution >= 4 is 40.2 Å². The SMILES string of the molecule is COC(=O)c1ccc2c(=O)n(CCc3ccc(OC)c(OC)c3)c(SCC(=O)Nc3ccc(C)cc3)nc2c1. The lowest BCUT2D eigenvalue weighted by Crippen LogP contribution is -2.25. The number of amides is 1. The quantitative estimate of drug-likeness (QED) is 0.176. The molecule has 0 aliphatic carbocycles. The van der Waals surface area contributed by atoms with Gasteiger partial charge in [0.15, 0.2) is 16.7 Å². The van der Waals surface area contributed by atoms with Crippen LogP contribution < -0.4 is 20.3 Å². The van der Waals surface area contributed by atoms with Gasteiger partial charge in [-0.3, -0.25) is 14.2 Å². The summed E-state index contributed by atoms with van der Waals surface area (Å²) in [5.74, 6) is 0.495. The molecule has 39 heavy (non-hydrogen) atoms. The van der Waals surface area contributed by atoms with E-state index in [9.17, 15) is 14.4 Å². The Bertz CT molecular complexity index is 1570. The number of methoxy groups -OCH3 is 3. The van der Waals surface area contributed by atoms with Crippen LogP contribution in [-0.2, 0) is 22.5 Å². The van der Waals surface area contributed by atoms with Crippen LogP contribution in [-0.4, -0.2) is 48.5 Å². The molecule has 1 N–H and O–H groups in total. The number of anilines is 1. The summed E-state index contributed by atoms with van der Waals surface area (Å²) in [4.78, 5) is 43.0. The maximum Gasteiger partial charge on any atom is 0.337 e. The highest BCUT2D eigenvalue weighted by Gasteiger charge is 2.16. The Morgan fingerprint density at radius 3 is 2.38 bits per heavy atom. The Morgan fingerprint density at radius 1 is 0.949 bits per heavy atom. The average Bonchev–Trinajstić information content (AvgIpc) is 2.96. The lowest BCUT2D eigenvalue weighted by Gasteiger charge is -2.14. The fraction of sp³-hybridized carbons (Fsp3) is 0.241. The van der Waals surface area contributed by atoms with Gasteiger partial charge in [-0.15, -0.1) is 0 Å². The van der Waals surface area contributed by atoms with Gasteiger partial charge in [-0.1, -0.05) is 35.5 Å². The third-order valence-electron chi connectivity index (χ3n) is 6.08. The van der Waals surface area contributed by atoms with Gasteiger partial charge in [0.05, 0.1) is 43.5 Å². The Kier molecular flexibility index (Phi) is 8.88. The Hall–Kier alpha value is -4.31. The number of carbonyl (C=O) groups excluding carboxylic acids is 2. The van der Waals surface area contributed by atoms with Crippen molar-refractivity contribution < 1.29 is 23.8 Å². The molecule has 0 atom stereocenters. The highest BCUT2D eigenvalue weighted by Crippen LogP contribution is 2.28. The number of aryl methyl sites for hydroxylation is 2. The molecule has 4 aromatic rings. The van der Waals surface area contributed by atoms with Crippen molar-refractivity contribution in [3.63, 3.8) is 0 Å². The maximum atomic E-state index is 13.6. The van der Waals surface area contributed by atoms with Crippen molar-refractivity contribution in [2.24, 2.45) is 0 Å². The second-order valence-corrected chi connectivity index (χ2v) is 9.66. The van der Waals surface area contributed by atoms with Crippen LogP contribution in [0.4, 0.5) is 5.69 Å². The van der Waals surface area contributed by atoms with Gasteiger partial charge < -0.3 is 19.5 Å². The summed E-state index contributed by atoms with van der Waals surface area (Å²) in [7, 11) is 4.43. The molecule has 9 nitrogen and oxygen atoms in total. The predicted octanol–water partition coefficient (Wildman–Crippen LogP) is 4.48. The van der Waals surface area contributed by atoms with Gasteiger partial charge in [-0.25, -0.2) is 9.78 Å². The summed E-state index contributed by atoms with van der Waals surface area (Å²) in [6.07, 6.45) is 0.511. The number of thioether (sulfide) groups is 1. The first-order valence-electron chi connectivity index (χ1n) is 12.2. The molecular formula is C29H29N3O6S. The van der Waals surface area contributed by atoms with Gasteiger partial charge in [-0.2, -0.15) is 0 Å². The second-order valence-electron chi connectivity index (χ2n) is 8.72. The molecule has 4 rings (SSSR count). The van der Waals surface area contributed by atoms with Crippen LogP contribution in [0, 0.1) is 6.92 Å². The van der Waals surface area contributed by atoms with Gasteiger partial charge in [-0.05, 0) is 61.4 Å². The van der Waals surface area contributed by atoms with E-state index in [1.165, 1.54) is 19.2 Å². The first-order chi connectivity index (χ1) is 18.8. The Morgan fingerprint density at radius 2 is 1.69 bits per heavy atom. The molecule has 0 unspecified atom stereocenters. The smallest absolute Gasteiger partial charge is 0.337 e. The van der Waals surface area contributed by atoms with E-state index in [1.807, 2.05) is 49.4 Å². The molecule has 202 valence electrons. The number of ether oxygens (including phenoxy) is 3. The third-order valence-corrected chi connectivity index (χ3v) is 7.06. The molecule has 10 heteroatoms. The maximum absolute atomic E-state index is 13.6. The van der Waals surface area contributed by atoms with E-state index in [0.717, 1.165) is 22.9 Å². The Labute approximate surface area is 230 Å². The lowest BCUT2D eigenvalue weighted by molar-refractivity contribution is -0.113. The number of nitrogens with one attached hydrogen (secondary N) is 1. The largest absolute Gasteiger partial charge is 0.493 e. The number of aromatic nitrogens is 2. The molecule has 0 spiro atoms. The fourth-order valence-corrected chi connectivity index (χ4v) is 4.82. The lowest BCUT2D eigenvalue weighted by atomic mass is 10.1. The van der Waals surface area contributed by atoms with Crippen LogP contribution in [0.3, 0.4) is 0 Å². The van der Waals surface area contributed by atoms with E-state index in [1.54, 1.807) is 24.9 Å². The van der Waals surface area contributed by atoms with Crippen LogP contribution >= 0.6 is 11.8 Å². The molecular weight excluding hydrogens is 518 g/mol. The third kappa shape index (κ3) is 6.58. The number of esters is 1. The van der Waals surface area contributed by atoms with Crippen molar-refractivity contribution in [1.29, 1.82) is 0 Å². The summed E-state index contributed by atoms with van der Waals surface area (Å²) in [6.45, 7) is 2.29. The summed E-state index contributed by atoms with van der Waals surface area (Å²) in [6, 6.07) is 17.7. The number of carbonyl (C=O) groups is 2. The molecule has 0 saturated heterocycles. The van der Waals surface area contributed by atoms with E-state index < -0.39 is 5.97 Å². The van der Waals surface area contributed by atoms with Crippen molar-refractivity contribution in [2.45, 2.75) is 25.0 Å². The van der Waals surface area contributed by atoms with Crippen LogP contribution in [0.15, 0.2) is 70.6 Å². The molecule has 3 aromatic carbocycles. The number of rotatable bonds is 10. The molecule has 0 aliphatic heterocycles.